The molecule has 0 amide bonds. The van der Waals surface area contributed by atoms with Crippen LogP contribution < -0.4 is 10.2 Å². The molecule has 0 fully saturated rings. The molecule has 7 heteroatoms. The van der Waals surface area contributed by atoms with Gasteiger partial charge < -0.3 is 10.3 Å². The van der Waals surface area contributed by atoms with Gasteiger partial charge in [0.1, 0.15) is 17.0 Å². The van der Waals surface area contributed by atoms with Crippen molar-refractivity contribution in [3.8, 4) is 0 Å². The summed E-state index contributed by atoms with van der Waals surface area (Å²) < 4.78 is 0. The highest BCUT2D eigenvalue weighted by Crippen LogP contribution is 2.32. The van der Waals surface area contributed by atoms with Crippen molar-refractivity contribution in [2.45, 2.75) is 20.4 Å². The Morgan fingerprint density at radius 1 is 1.37 bits per heavy atom. The van der Waals surface area contributed by atoms with Gasteiger partial charge in [0.2, 0.25) is 0 Å². The smallest absolute Gasteiger partial charge is 0.304 e. The zero-order chi connectivity index (χ0) is 13.4. The molecule has 98 valence electrons. The number of anilines is 1. The molecule has 0 aliphatic heterocycles. The first-order valence-electron chi connectivity index (χ1n) is 5.76. The number of aromatic nitrogens is 3. The van der Waals surface area contributed by atoms with Crippen LogP contribution in [0.4, 0.5) is 5.82 Å². The van der Waals surface area contributed by atoms with Crippen LogP contribution in [-0.4, -0.2) is 15.0 Å². The molecule has 0 aliphatic rings. The van der Waals surface area contributed by atoms with E-state index in [1.165, 1.54) is 21.8 Å². The number of hydrogen-bond donors (Lipinski definition) is 2. The Bertz CT molecular complexity index is 786. The minimum absolute atomic E-state index is 0.0350. The van der Waals surface area contributed by atoms with E-state index in [9.17, 15) is 4.79 Å². The number of fused-ring (bicyclic) bond motifs is 1. The SMILES string of the molecule is Cc1sc2ncnc(NCc3csc(=O)[nH]3)c2c1C. The van der Waals surface area contributed by atoms with Crippen molar-refractivity contribution < 1.29 is 0 Å². The normalized spacial score (nSPS) is 11.1. The quantitative estimate of drug-likeness (QED) is 0.778. The monoisotopic (exact) mass is 292 g/mol. The predicted molar refractivity (Wildman–Crippen MR) is 79.2 cm³/mol. The maximum atomic E-state index is 11.1. The molecule has 3 aromatic heterocycles. The van der Waals surface area contributed by atoms with Gasteiger partial charge in [-0.05, 0) is 19.4 Å². The summed E-state index contributed by atoms with van der Waals surface area (Å²) in [5, 5.41) is 6.15. The Balaban J connectivity index is 1.94. The van der Waals surface area contributed by atoms with Crippen molar-refractivity contribution in [1.29, 1.82) is 0 Å². The second kappa shape index (κ2) is 4.75. The molecule has 0 radical (unpaired) electrons. The number of aryl methyl sites for hydroxylation is 2. The number of thiophene rings is 1. The molecular formula is C12H12N4OS2. The van der Waals surface area contributed by atoms with Gasteiger partial charge in [0, 0.05) is 16.0 Å². The summed E-state index contributed by atoms with van der Waals surface area (Å²) in [4.78, 5) is 24.7. The van der Waals surface area contributed by atoms with E-state index in [4.69, 9.17) is 0 Å². The summed E-state index contributed by atoms with van der Waals surface area (Å²) in [5.41, 5.74) is 2.08. The lowest BCUT2D eigenvalue weighted by Crippen LogP contribution is -2.04. The summed E-state index contributed by atoms with van der Waals surface area (Å²) >= 11 is 2.84. The third-order valence-corrected chi connectivity index (χ3v) is 4.82. The highest BCUT2D eigenvalue weighted by molar-refractivity contribution is 7.18. The van der Waals surface area contributed by atoms with E-state index in [0.29, 0.717) is 6.54 Å². The maximum Gasteiger partial charge on any atom is 0.304 e. The van der Waals surface area contributed by atoms with Gasteiger partial charge in [0.25, 0.3) is 0 Å². The highest BCUT2D eigenvalue weighted by Gasteiger charge is 2.11. The number of hydrogen-bond acceptors (Lipinski definition) is 6. The van der Waals surface area contributed by atoms with Crippen molar-refractivity contribution in [1.82, 2.24) is 15.0 Å². The van der Waals surface area contributed by atoms with Gasteiger partial charge in [-0.3, -0.25) is 4.79 Å². The van der Waals surface area contributed by atoms with Crippen LogP contribution in [0.1, 0.15) is 16.1 Å². The molecule has 2 N–H and O–H groups in total. The molecule has 5 nitrogen and oxygen atoms in total. The van der Waals surface area contributed by atoms with E-state index in [0.717, 1.165) is 21.7 Å². The Kier molecular flexibility index (Phi) is 3.08. The van der Waals surface area contributed by atoms with E-state index in [-0.39, 0.29) is 4.87 Å². The van der Waals surface area contributed by atoms with Gasteiger partial charge in [-0.15, -0.1) is 11.3 Å². The number of thiazole rings is 1. The third-order valence-electron chi connectivity index (χ3n) is 2.98. The average Bonchev–Trinajstić information content (AvgIpc) is 2.93. The fourth-order valence-electron chi connectivity index (χ4n) is 1.90. The van der Waals surface area contributed by atoms with Crippen LogP contribution in [0.2, 0.25) is 0 Å². The van der Waals surface area contributed by atoms with Gasteiger partial charge in [0.15, 0.2) is 0 Å². The largest absolute Gasteiger partial charge is 0.364 e. The molecule has 0 spiro atoms. The van der Waals surface area contributed by atoms with Gasteiger partial charge in [-0.25, -0.2) is 9.97 Å². The van der Waals surface area contributed by atoms with Crippen molar-refractivity contribution >= 4 is 38.7 Å². The van der Waals surface area contributed by atoms with Gasteiger partial charge in [0.05, 0.1) is 11.9 Å². The Labute approximate surface area is 117 Å². The van der Waals surface area contributed by atoms with Crippen LogP contribution in [0.3, 0.4) is 0 Å². The number of nitrogens with one attached hydrogen (secondary N) is 2. The number of aromatic amines is 1. The van der Waals surface area contributed by atoms with Crippen LogP contribution >= 0.6 is 22.7 Å². The van der Waals surface area contributed by atoms with Crippen LogP contribution in [0.25, 0.3) is 10.2 Å². The first kappa shape index (κ1) is 12.3. The summed E-state index contributed by atoms with van der Waals surface area (Å²) in [6.07, 6.45) is 1.57. The van der Waals surface area contributed by atoms with Crippen LogP contribution in [0.5, 0.6) is 0 Å². The van der Waals surface area contributed by atoms with Crippen LogP contribution in [0, 0.1) is 13.8 Å². The summed E-state index contributed by atoms with van der Waals surface area (Å²) in [7, 11) is 0. The van der Waals surface area contributed by atoms with Gasteiger partial charge in [-0.1, -0.05) is 11.3 Å². The van der Waals surface area contributed by atoms with Crippen molar-refractivity contribution in [3.63, 3.8) is 0 Å². The number of H-pyrrole nitrogens is 1. The molecule has 0 bridgehead atoms. The van der Waals surface area contributed by atoms with Crippen molar-refractivity contribution in [3.05, 3.63) is 37.5 Å². The minimum atomic E-state index is -0.0350. The Morgan fingerprint density at radius 3 is 2.95 bits per heavy atom. The van der Waals surface area contributed by atoms with Crippen molar-refractivity contribution in [2.75, 3.05) is 5.32 Å². The van der Waals surface area contributed by atoms with Gasteiger partial charge >= 0.3 is 4.87 Å². The van der Waals surface area contributed by atoms with Crippen molar-refractivity contribution in [2.24, 2.45) is 0 Å². The standard InChI is InChI=1S/C12H12N4OS2/c1-6-7(2)19-11-9(6)10(14-5-15-11)13-3-8-4-18-12(17)16-8/h4-5H,3H2,1-2H3,(H,16,17)(H,13,14,15). The predicted octanol–water partition coefficient (Wildman–Crippen LogP) is 2.67. The molecule has 0 aliphatic carbocycles. The summed E-state index contributed by atoms with van der Waals surface area (Å²) in [6.45, 7) is 4.72. The Hall–Kier alpha value is -1.73. The maximum absolute atomic E-state index is 11.1. The Morgan fingerprint density at radius 2 is 2.21 bits per heavy atom. The van der Waals surface area contributed by atoms with E-state index < -0.39 is 0 Å². The molecular weight excluding hydrogens is 280 g/mol. The van der Waals surface area contributed by atoms with Crippen LogP contribution in [0.15, 0.2) is 16.5 Å². The molecule has 3 aromatic rings. The van der Waals surface area contributed by atoms with Gasteiger partial charge in [-0.2, -0.15) is 0 Å². The number of rotatable bonds is 3. The topological polar surface area (TPSA) is 70.7 Å². The lowest BCUT2D eigenvalue weighted by Gasteiger charge is -2.05. The molecule has 0 unspecified atom stereocenters. The molecule has 0 atom stereocenters. The number of nitrogens with zero attached hydrogens (tertiary/aromatic N) is 2. The highest BCUT2D eigenvalue weighted by atomic mass is 32.1. The van der Waals surface area contributed by atoms with E-state index in [2.05, 4.69) is 34.1 Å². The zero-order valence-corrected chi connectivity index (χ0v) is 12.1. The average molecular weight is 292 g/mol. The fourth-order valence-corrected chi connectivity index (χ4v) is 3.47. The van der Waals surface area contributed by atoms with Crippen LogP contribution in [-0.2, 0) is 6.54 Å². The molecule has 3 rings (SSSR count). The minimum Gasteiger partial charge on any atom is -0.364 e. The zero-order valence-electron chi connectivity index (χ0n) is 10.5. The third kappa shape index (κ3) is 2.26. The molecule has 0 saturated carbocycles. The molecule has 19 heavy (non-hydrogen) atoms. The second-order valence-corrected chi connectivity index (χ2v) is 6.26. The molecule has 0 saturated heterocycles. The fraction of sp³-hybridized carbons (Fsp3) is 0.250. The lowest BCUT2D eigenvalue weighted by atomic mass is 10.2. The lowest BCUT2D eigenvalue weighted by molar-refractivity contribution is 1.04. The first-order chi connectivity index (χ1) is 9.15. The van der Waals surface area contributed by atoms with E-state index in [1.54, 1.807) is 17.7 Å². The molecule has 3 heterocycles. The molecule has 0 aromatic carbocycles. The summed E-state index contributed by atoms with van der Waals surface area (Å²) in [5.74, 6) is 0.818. The second-order valence-electron chi connectivity index (χ2n) is 4.21. The first-order valence-corrected chi connectivity index (χ1v) is 7.46. The van der Waals surface area contributed by atoms with E-state index >= 15 is 0 Å². The van der Waals surface area contributed by atoms with E-state index in [1.807, 2.05) is 5.38 Å². The summed E-state index contributed by atoms with van der Waals surface area (Å²) in [6, 6.07) is 0.